The number of nitrogens with one attached hydrogen (secondary N) is 1. The Kier molecular flexibility index (Phi) is 5.03. The molecule has 0 bridgehead atoms. The summed E-state index contributed by atoms with van der Waals surface area (Å²) in [5.41, 5.74) is 1.89. The van der Waals surface area contributed by atoms with Crippen molar-refractivity contribution in [1.29, 1.82) is 0 Å². The third kappa shape index (κ3) is 4.15. The van der Waals surface area contributed by atoms with Crippen LogP contribution in [0.1, 0.15) is 24.4 Å². The van der Waals surface area contributed by atoms with Crippen molar-refractivity contribution in [3.8, 4) is 11.4 Å². The molecule has 1 aromatic heterocycles. The van der Waals surface area contributed by atoms with Crippen LogP contribution in [0.2, 0.25) is 0 Å². The van der Waals surface area contributed by atoms with Crippen molar-refractivity contribution >= 4 is 26.0 Å². The minimum absolute atomic E-state index is 0.168. The summed E-state index contributed by atoms with van der Waals surface area (Å²) in [6.45, 7) is 3.63. The zero-order chi connectivity index (χ0) is 18.0. The Morgan fingerprint density at radius 1 is 1.16 bits per heavy atom. The maximum absolute atomic E-state index is 12.4. The number of halogens is 1. The molecule has 0 unspecified atom stereocenters. The Morgan fingerprint density at radius 3 is 2.56 bits per heavy atom. The first-order valence-electron chi connectivity index (χ1n) is 7.54. The van der Waals surface area contributed by atoms with Gasteiger partial charge < -0.3 is 4.52 Å². The molecule has 3 rings (SSSR count). The molecule has 0 aliphatic rings. The van der Waals surface area contributed by atoms with Crippen LogP contribution in [0, 0.1) is 6.92 Å². The second-order valence-electron chi connectivity index (χ2n) is 5.62. The van der Waals surface area contributed by atoms with Gasteiger partial charge in [0.2, 0.25) is 21.7 Å². The summed E-state index contributed by atoms with van der Waals surface area (Å²) in [4.78, 5) is 4.47. The normalized spacial score (nSPS) is 12.9. The number of rotatable bonds is 5. The molecule has 0 spiro atoms. The summed E-state index contributed by atoms with van der Waals surface area (Å²) in [5, 5.41) is 3.94. The topological polar surface area (TPSA) is 85.1 Å². The van der Waals surface area contributed by atoms with Gasteiger partial charge in [0.25, 0.3) is 0 Å². The SMILES string of the molecule is Cc1cccc(-c2noc([C@H](C)NS(=O)(=O)c3ccc(Br)cc3)n2)c1. The van der Waals surface area contributed by atoms with Gasteiger partial charge in [0, 0.05) is 10.0 Å². The lowest BCUT2D eigenvalue weighted by molar-refractivity contribution is 0.354. The first-order chi connectivity index (χ1) is 11.8. The Hall–Kier alpha value is -2.03. The fraction of sp³-hybridized carbons (Fsp3) is 0.176. The molecule has 0 fully saturated rings. The van der Waals surface area contributed by atoms with E-state index < -0.39 is 16.1 Å². The van der Waals surface area contributed by atoms with Crippen molar-refractivity contribution in [2.45, 2.75) is 24.8 Å². The summed E-state index contributed by atoms with van der Waals surface area (Å²) >= 11 is 3.28. The second kappa shape index (κ2) is 7.07. The number of hydrogen-bond donors (Lipinski definition) is 1. The molecular weight excluding hydrogens is 406 g/mol. The van der Waals surface area contributed by atoms with Gasteiger partial charge in [-0.05, 0) is 44.2 Å². The van der Waals surface area contributed by atoms with Gasteiger partial charge in [-0.15, -0.1) is 0 Å². The minimum Gasteiger partial charge on any atom is -0.337 e. The van der Waals surface area contributed by atoms with Gasteiger partial charge in [-0.25, -0.2) is 8.42 Å². The monoisotopic (exact) mass is 421 g/mol. The van der Waals surface area contributed by atoms with Crippen LogP contribution in [0.4, 0.5) is 0 Å². The largest absolute Gasteiger partial charge is 0.337 e. The number of sulfonamides is 1. The molecule has 130 valence electrons. The zero-order valence-electron chi connectivity index (χ0n) is 13.6. The van der Waals surface area contributed by atoms with E-state index in [0.29, 0.717) is 5.82 Å². The molecule has 0 saturated heterocycles. The van der Waals surface area contributed by atoms with Crippen molar-refractivity contribution in [3.05, 3.63) is 64.5 Å². The summed E-state index contributed by atoms with van der Waals surface area (Å²) in [7, 11) is -3.69. The van der Waals surface area contributed by atoms with Gasteiger partial charge in [0.05, 0.1) is 10.9 Å². The highest BCUT2D eigenvalue weighted by Gasteiger charge is 2.22. The molecule has 1 atom stereocenters. The lowest BCUT2D eigenvalue weighted by Crippen LogP contribution is -2.27. The van der Waals surface area contributed by atoms with Gasteiger partial charge in [-0.3, -0.25) is 0 Å². The summed E-state index contributed by atoms with van der Waals surface area (Å²) < 4.78 is 33.4. The van der Waals surface area contributed by atoms with E-state index in [1.165, 1.54) is 12.1 Å². The van der Waals surface area contributed by atoms with E-state index in [4.69, 9.17) is 4.52 Å². The molecule has 25 heavy (non-hydrogen) atoms. The quantitative estimate of drug-likeness (QED) is 0.675. The average molecular weight is 422 g/mol. The third-order valence-electron chi connectivity index (χ3n) is 3.54. The van der Waals surface area contributed by atoms with E-state index in [1.807, 2.05) is 31.2 Å². The van der Waals surface area contributed by atoms with Crippen LogP contribution in [0.3, 0.4) is 0 Å². The highest BCUT2D eigenvalue weighted by Crippen LogP contribution is 2.21. The fourth-order valence-corrected chi connectivity index (χ4v) is 3.74. The van der Waals surface area contributed by atoms with Gasteiger partial charge in [0.15, 0.2) is 0 Å². The van der Waals surface area contributed by atoms with Crippen LogP contribution in [0.5, 0.6) is 0 Å². The van der Waals surface area contributed by atoms with E-state index >= 15 is 0 Å². The van der Waals surface area contributed by atoms with E-state index in [9.17, 15) is 8.42 Å². The number of aryl methyl sites for hydroxylation is 1. The highest BCUT2D eigenvalue weighted by atomic mass is 79.9. The molecule has 0 radical (unpaired) electrons. The molecule has 1 heterocycles. The van der Waals surface area contributed by atoms with Gasteiger partial charge in [-0.1, -0.05) is 44.8 Å². The molecule has 6 nitrogen and oxygen atoms in total. The van der Waals surface area contributed by atoms with Crippen molar-refractivity contribution < 1.29 is 12.9 Å². The molecule has 2 aromatic carbocycles. The maximum atomic E-state index is 12.4. The van der Waals surface area contributed by atoms with Gasteiger partial charge in [-0.2, -0.15) is 9.71 Å². The standard InChI is InChI=1S/C17H16BrN3O3S/c1-11-4-3-5-13(10-11)16-19-17(24-20-16)12(2)21-25(22,23)15-8-6-14(18)7-9-15/h3-10,12,21H,1-2H3/t12-/m0/s1. The lowest BCUT2D eigenvalue weighted by Gasteiger charge is -2.10. The molecule has 3 aromatic rings. The Morgan fingerprint density at radius 2 is 1.88 bits per heavy atom. The molecule has 0 amide bonds. The van der Waals surface area contributed by atoms with Crippen molar-refractivity contribution in [2.75, 3.05) is 0 Å². The molecule has 8 heteroatoms. The van der Waals surface area contributed by atoms with E-state index in [2.05, 4.69) is 30.8 Å². The van der Waals surface area contributed by atoms with Gasteiger partial charge in [0.1, 0.15) is 0 Å². The van der Waals surface area contributed by atoms with Crippen molar-refractivity contribution in [2.24, 2.45) is 0 Å². The smallest absolute Gasteiger partial charge is 0.244 e. The Balaban J connectivity index is 1.80. The first kappa shape index (κ1) is 17.8. The summed E-state index contributed by atoms with van der Waals surface area (Å²) in [5.74, 6) is 0.630. The number of nitrogens with zero attached hydrogens (tertiary/aromatic N) is 2. The van der Waals surface area contributed by atoms with Crippen molar-refractivity contribution in [3.63, 3.8) is 0 Å². The minimum atomic E-state index is -3.69. The first-order valence-corrected chi connectivity index (χ1v) is 9.81. The van der Waals surface area contributed by atoms with E-state index in [-0.39, 0.29) is 10.8 Å². The van der Waals surface area contributed by atoms with Crippen LogP contribution in [0.25, 0.3) is 11.4 Å². The molecular formula is C17H16BrN3O3S. The number of aromatic nitrogens is 2. The molecule has 0 aliphatic carbocycles. The number of benzene rings is 2. The van der Waals surface area contributed by atoms with Crippen LogP contribution in [0.15, 0.2) is 62.4 Å². The predicted octanol–water partition coefficient (Wildman–Crippen LogP) is 3.85. The molecule has 0 aliphatic heterocycles. The zero-order valence-corrected chi connectivity index (χ0v) is 16.0. The van der Waals surface area contributed by atoms with Crippen LogP contribution in [-0.2, 0) is 10.0 Å². The van der Waals surface area contributed by atoms with Crippen LogP contribution >= 0.6 is 15.9 Å². The molecule has 0 saturated carbocycles. The molecule has 1 N–H and O–H groups in total. The fourth-order valence-electron chi connectivity index (χ4n) is 2.28. The highest BCUT2D eigenvalue weighted by molar-refractivity contribution is 9.10. The average Bonchev–Trinajstić information content (AvgIpc) is 3.05. The third-order valence-corrected chi connectivity index (χ3v) is 5.63. The van der Waals surface area contributed by atoms with Gasteiger partial charge >= 0.3 is 0 Å². The van der Waals surface area contributed by atoms with E-state index in [1.54, 1.807) is 19.1 Å². The number of hydrogen-bond acceptors (Lipinski definition) is 5. The van der Waals surface area contributed by atoms with Crippen molar-refractivity contribution in [1.82, 2.24) is 14.9 Å². The van der Waals surface area contributed by atoms with Crippen LogP contribution in [-0.4, -0.2) is 18.6 Å². The summed E-state index contributed by atoms with van der Waals surface area (Å²) in [6.07, 6.45) is 0. The Labute approximate surface area is 154 Å². The van der Waals surface area contributed by atoms with Crippen LogP contribution < -0.4 is 4.72 Å². The summed E-state index contributed by atoms with van der Waals surface area (Å²) in [6, 6.07) is 13.4. The maximum Gasteiger partial charge on any atom is 0.244 e. The predicted molar refractivity (Wildman–Crippen MR) is 97.3 cm³/mol. The lowest BCUT2D eigenvalue weighted by atomic mass is 10.1. The van der Waals surface area contributed by atoms with E-state index in [0.717, 1.165) is 15.6 Å². The Bertz CT molecular complexity index is 984. The second-order valence-corrected chi connectivity index (χ2v) is 8.25.